The Hall–Kier alpha value is -1.33. The standard InChI is InChI=1S/C16H22ClN3O2/c1-19(10-13(21)11-4-5-11)16(22)12-8-14(17)18-15(9-12)20-6-2-3-7-20/h8-9,11,13,21H,2-7,10H2,1H3. The van der Waals surface area contributed by atoms with Crippen molar-refractivity contribution >= 4 is 23.3 Å². The van der Waals surface area contributed by atoms with E-state index in [0.29, 0.717) is 23.2 Å². The van der Waals surface area contributed by atoms with Crippen LogP contribution in [0.3, 0.4) is 0 Å². The number of carbonyl (C=O) groups is 1. The molecule has 1 aromatic heterocycles. The molecule has 1 saturated carbocycles. The van der Waals surface area contributed by atoms with Crippen LogP contribution in [-0.4, -0.2) is 53.7 Å². The fraction of sp³-hybridized carbons (Fsp3) is 0.625. The molecule has 1 saturated heterocycles. The molecule has 0 aromatic carbocycles. The van der Waals surface area contributed by atoms with E-state index < -0.39 is 6.10 Å². The van der Waals surface area contributed by atoms with Crippen molar-refractivity contribution in [3.63, 3.8) is 0 Å². The first kappa shape index (κ1) is 15.6. The third kappa shape index (κ3) is 3.52. The molecule has 0 radical (unpaired) electrons. The summed E-state index contributed by atoms with van der Waals surface area (Å²) in [4.78, 5) is 20.6. The Bertz CT molecular complexity index is 556. The Morgan fingerprint density at radius 3 is 2.77 bits per heavy atom. The van der Waals surface area contributed by atoms with Gasteiger partial charge in [-0.15, -0.1) is 0 Å². The van der Waals surface area contributed by atoms with Gasteiger partial charge in [-0.05, 0) is 43.7 Å². The molecule has 2 aliphatic rings. The number of nitrogens with zero attached hydrogens (tertiary/aromatic N) is 3. The van der Waals surface area contributed by atoms with Crippen molar-refractivity contribution in [2.45, 2.75) is 31.8 Å². The van der Waals surface area contributed by atoms with Gasteiger partial charge in [0, 0.05) is 32.2 Å². The molecule has 2 fully saturated rings. The molecule has 0 spiro atoms. The molecular weight excluding hydrogens is 302 g/mol. The Morgan fingerprint density at radius 1 is 1.45 bits per heavy atom. The molecule has 1 atom stereocenters. The zero-order valence-electron chi connectivity index (χ0n) is 12.8. The number of pyridine rings is 1. The van der Waals surface area contributed by atoms with E-state index in [-0.39, 0.29) is 5.91 Å². The minimum absolute atomic E-state index is 0.121. The van der Waals surface area contributed by atoms with Crippen LogP contribution in [-0.2, 0) is 0 Å². The molecule has 1 aromatic rings. The van der Waals surface area contributed by atoms with Crippen LogP contribution in [0.1, 0.15) is 36.0 Å². The topological polar surface area (TPSA) is 56.7 Å². The van der Waals surface area contributed by atoms with E-state index in [0.717, 1.165) is 44.6 Å². The summed E-state index contributed by atoms with van der Waals surface area (Å²) in [5.74, 6) is 1.00. The number of amides is 1. The fourth-order valence-electron chi connectivity index (χ4n) is 2.93. The number of hydrogen-bond acceptors (Lipinski definition) is 4. The van der Waals surface area contributed by atoms with E-state index in [4.69, 9.17) is 11.6 Å². The second kappa shape index (κ2) is 6.42. The maximum absolute atomic E-state index is 12.6. The first-order chi connectivity index (χ1) is 10.5. The molecule has 1 aliphatic carbocycles. The molecule has 120 valence electrons. The van der Waals surface area contributed by atoms with Gasteiger partial charge in [-0.25, -0.2) is 4.98 Å². The van der Waals surface area contributed by atoms with Gasteiger partial charge in [0.25, 0.3) is 5.91 Å². The van der Waals surface area contributed by atoms with Crippen molar-refractivity contribution in [2.75, 3.05) is 31.6 Å². The van der Waals surface area contributed by atoms with Crippen LogP contribution in [0, 0.1) is 5.92 Å². The Labute approximate surface area is 135 Å². The number of carbonyl (C=O) groups excluding carboxylic acids is 1. The molecular formula is C16H22ClN3O2. The Balaban J connectivity index is 1.73. The number of anilines is 1. The van der Waals surface area contributed by atoms with Gasteiger partial charge in [-0.1, -0.05) is 11.6 Å². The largest absolute Gasteiger partial charge is 0.391 e. The highest BCUT2D eigenvalue weighted by Gasteiger charge is 2.31. The lowest BCUT2D eigenvalue weighted by Crippen LogP contribution is -2.35. The minimum atomic E-state index is -0.427. The van der Waals surface area contributed by atoms with Crippen LogP contribution in [0.4, 0.5) is 5.82 Å². The second-order valence-corrected chi connectivity index (χ2v) is 6.71. The number of aliphatic hydroxyl groups excluding tert-OH is 1. The number of hydrogen-bond donors (Lipinski definition) is 1. The third-order valence-electron chi connectivity index (χ3n) is 4.43. The number of likely N-dealkylation sites (N-methyl/N-ethyl adjacent to an activating group) is 1. The molecule has 1 N–H and O–H groups in total. The molecule has 5 nitrogen and oxygen atoms in total. The van der Waals surface area contributed by atoms with E-state index in [9.17, 15) is 9.90 Å². The van der Waals surface area contributed by atoms with Crippen LogP contribution < -0.4 is 4.90 Å². The van der Waals surface area contributed by atoms with Crippen LogP contribution in [0.5, 0.6) is 0 Å². The number of aliphatic hydroxyl groups is 1. The first-order valence-corrected chi connectivity index (χ1v) is 8.28. The Morgan fingerprint density at radius 2 is 2.14 bits per heavy atom. The van der Waals surface area contributed by atoms with Crippen molar-refractivity contribution in [1.29, 1.82) is 0 Å². The Kier molecular flexibility index (Phi) is 4.54. The second-order valence-electron chi connectivity index (χ2n) is 6.32. The normalized spacial score (nSPS) is 19.3. The van der Waals surface area contributed by atoms with E-state index in [2.05, 4.69) is 9.88 Å². The van der Waals surface area contributed by atoms with E-state index >= 15 is 0 Å². The van der Waals surface area contributed by atoms with Gasteiger partial charge in [-0.3, -0.25) is 4.79 Å². The quantitative estimate of drug-likeness (QED) is 0.844. The van der Waals surface area contributed by atoms with Gasteiger partial charge in [0.1, 0.15) is 11.0 Å². The van der Waals surface area contributed by atoms with Crippen molar-refractivity contribution in [2.24, 2.45) is 5.92 Å². The maximum atomic E-state index is 12.6. The average molecular weight is 324 g/mol. The van der Waals surface area contributed by atoms with Crippen LogP contribution in [0.15, 0.2) is 12.1 Å². The van der Waals surface area contributed by atoms with E-state index in [1.807, 2.05) is 0 Å². The fourth-order valence-corrected chi connectivity index (χ4v) is 3.13. The highest BCUT2D eigenvalue weighted by atomic mass is 35.5. The molecule has 1 aliphatic heterocycles. The smallest absolute Gasteiger partial charge is 0.253 e. The molecule has 6 heteroatoms. The van der Waals surface area contributed by atoms with Crippen molar-refractivity contribution in [3.05, 3.63) is 22.8 Å². The van der Waals surface area contributed by atoms with Gasteiger partial charge in [-0.2, -0.15) is 0 Å². The van der Waals surface area contributed by atoms with Gasteiger partial charge in [0.2, 0.25) is 0 Å². The monoisotopic (exact) mass is 323 g/mol. The van der Waals surface area contributed by atoms with Crippen LogP contribution in [0.25, 0.3) is 0 Å². The molecule has 1 amide bonds. The highest BCUT2D eigenvalue weighted by Crippen LogP contribution is 2.33. The lowest BCUT2D eigenvalue weighted by molar-refractivity contribution is 0.0645. The SMILES string of the molecule is CN(CC(O)C1CC1)C(=O)c1cc(Cl)nc(N2CCCC2)c1. The summed E-state index contributed by atoms with van der Waals surface area (Å²) in [6.45, 7) is 2.27. The predicted octanol–water partition coefficient (Wildman–Crippen LogP) is 2.18. The van der Waals surface area contributed by atoms with Gasteiger partial charge in [0.15, 0.2) is 0 Å². The molecule has 2 heterocycles. The summed E-state index contributed by atoms with van der Waals surface area (Å²) in [5.41, 5.74) is 0.535. The van der Waals surface area contributed by atoms with Gasteiger partial charge in [0.05, 0.1) is 6.10 Å². The van der Waals surface area contributed by atoms with E-state index in [1.165, 1.54) is 0 Å². The summed E-state index contributed by atoms with van der Waals surface area (Å²) in [7, 11) is 1.72. The number of rotatable bonds is 5. The molecule has 1 unspecified atom stereocenters. The number of aromatic nitrogens is 1. The first-order valence-electron chi connectivity index (χ1n) is 7.90. The van der Waals surface area contributed by atoms with Crippen molar-refractivity contribution in [1.82, 2.24) is 9.88 Å². The van der Waals surface area contributed by atoms with Crippen molar-refractivity contribution in [3.8, 4) is 0 Å². The third-order valence-corrected chi connectivity index (χ3v) is 4.62. The van der Waals surface area contributed by atoms with Gasteiger partial charge < -0.3 is 14.9 Å². The molecule has 0 bridgehead atoms. The lowest BCUT2D eigenvalue weighted by Gasteiger charge is -2.22. The maximum Gasteiger partial charge on any atom is 0.253 e. The summed E-state index contributed by atoms with van der Waals surface area (Å²) < 4.78 is 0. The van der Waals surface area contributed by atoms with Crippen LogP contribution in [0.2, 0.25) is 5.15 Å². The lowest BCUT2D eigenvalue weighted by atomic mass is 10.2. The summed E-state index contributed by atoms with van der Waals surface area (Å²) in [6.07, 6.45) is 3.98. The van der Waals surface area contributed by atoms with E-state index in [1.54, 1.807) is 24.1 Å². The summed E-state index contributed by atoms with van der Waals surface area (Å²) in [6, 6.07) is 3.41. The molecule has 22 heavy (non-hydrogen) atoms. The summed E-state index contributed by atoms with van der Waals surface area (Å²) >= 11 is 6.09. The average Bonchev–Trinajstić information content (AvgIpc) is 3.20. The number of halogens is 1. The zero-order valence-corrected chi connectivity index (χ0v) is 13.6. The summed E-state index contributed by atoms with van der Waals surface area (Å²) in [5, 5.41) is 10.3. The van der Waals surface area contributed by atoms with Crippen molar-refractivity contribution < 1.29 is 9.90 Å². The molecule has 3 rings (SSSR count). The predicted molar refractivity (Wildman–Crippen MR) is 86.4 cm³/mol. The zero-order chi connectivity index (χ0) is 15.7. The minimum Gasteiger partial charge on any atom is -0.391 e. The highest BCUT2D eigenvalue weighted by molar-refractivity contribution is 6.29. The van der Waals surface area contributed by atoms with Gasteiger partial charge >= 0.3 is 0 Å². The van der Waals surface area contributed by atoms with Crippen LogP contribution >= 0.6 is 11.6 Å².